The highest BCUT2D eigenvalue weighted by Gasteiger charge is 2.24. The Morgan fingerprint density at radius 2 is 1.48 bits per heavy atom. The van der Waals surface area contributed by atoms with Crippen molar-refractivity contribution >= 4 is 29.1 Å². The number of anilines is 2. The molecule has 0 fully saturated rings. The number of hydrogen-bond acceptors (Lipinski definition) is 10. The van der Waals surface area contributed by atoms with Gasteiger partial charge < -0.3 is 0 Å². The molecule has 3 aromatic heterocycles. The molecule has 0 saturated heterocycles. The lowest BCUT2D eigenvalue weighted by molar-refractivity contribution is -0.383. The number of pyridine rings is 2. The Bertz CT molecular complexity index is 957. The van der Waals surface area contributed by atoms with E-state index >= 15 is 0 Å². The predicted molar refractivity (Wildman–Crippen MR) is 99.3 cm³/mol. The first kappa shape index (κ1) is 19.1. The molecule has 0 aliphatic rings. The van der Waals surface area contributed by atoms with Gasteiger partial charge in [-0.2, -0.15) is 0 Å². The zero-order valence-electron chi connectivity index (χ0n) is 14.6. The van der Waals surface area contributed by atoms with Crippen LogP contribution in [-0.4, -0.2) is 36.7 Å². The van der Waals surface area contributed by atoms with Crippen LogP contribution in [0, 0.1) is 10.1 Å². The minimum absolute atomic E-state index is 0.236. The van der Waals surface area contributed by atoms with Gasteiger partial charge in [-0.25, -0.2) is 9.97 Å². The molecule has 4 N–H and O–H groups in total. The molecule has 3 rings (SSSR count). The maximum Gasteiger partial charge on any atom is 0.356 e. The first-order valence-corrected chi connectivity index (χ1v) is 7.98. The van der Waals surface area contributed by atoms with Crippen molar-refractivity contribution in [1.29, 1.82) is 0 Å². The number of amides is 2. The Morgan fingerprint density at radius 3 is 2.03 bits per heavy atom. The third-order valence-electron chi connectivity index (χ3n) is 3.46. The average Bonchev–Trinajstić information content (AvgIpc) is 2.76. The molecule has 0 radical (unpaired) electrons. The largest absolute Gasteiger partial charge is 0.356 e. The van der Waals surface area contributed by atoms with E-state index in [1.165, 1.54) is 43.0 Å². The second-order valence-electron chi connectivity index (χ2n) is 5.31. The monoisotopic (exact) mass is 395 g/mol. The number of nitrogens with one attached hydrogen (secondary N) is 4. The molecule has 2 amide bonds. The molecule has 3 heterocycles. The van der Waals surface area contributed by atoms with Crippen LogP contribution < -0.4 is 21.7 Å². The number of hydrogen-bond donors (Lipinski definition) is 4. The number of hydrazine groups is 2. The molecule has 0 unspecified atom stereocenters. The number of rotatable bonds is 7. The predicted octanol–water partition coefficient (Wildman–Crippen LogP) is 0.689. The van der Waals surface area contributed by atoms with Crippen molar-refractivity contribution in [3.8, 4) is 0 Å². The van der Waals surface area contributed by atoms with Gasteiger partial charge in [0, 0.05) is 30.4 Å². The number of carbonyl (C=O) groups excluding carboxylic acids is 2. The molecule has 0 spiro atoms. The Labute approximate surface area is 162 Å². The van der Waals surface area contributed by atoms with Gasteiger partial charge in [0.1, 0.15) is 6.33 Å². The average molecular weight is 395 g/mol. The van der Waals surface area contributed by atoms with E-state index in [9.17, 15) is 19.7 Å². The number of carbonyl (C=O) groups is 2. The fourth-order valence-electron chi connectivity index (χ4n) is 2.11. The van der Waals surface area contributed by atoms with Crippen molar-refractivity contribution in [2.75, 3.05) is 10.9 Å². The molecule has 0 aromatic carbocycles. The lowest BCUT2D eigenvalue weighted by Gasteiger charge is -2.11. The summed E-state index contributed by atoms with van der Waals surface area (Å²) in [5, 5.41) is 11.5. The Kier molecular flexibility index (Phi) is 5.80. The van der Waals surface area contributed by atoms with Crippen LogP contribution >= 0.6 is 0 Å². The summed E-state index contributed by atoms with van der Waals surface area (Å²) < 4.78 is 0. The van der Waals surface area contributed by atoms with E-state index in [0.29, 0.717) is 0 Å². The van der Waals surface area contributed by atoms with Crippen LogP contribution in [0.2, 0.25) is 0 Å². The first-order valence-electron chi connectivity index (χ1n) is 7.98. The molecule has 13 nitrogen and oxygen atoms in total. The molecule has 0 saturated carbocycles. The van der Waals surface area contributed by atoms with Gasteiger partial charge in [0.05, 0.1) is 10.5 Å². The molecule has 0 bridgehead atoms. The minimum atomic E-state index is -0.764. The van der Waals surface area contributed by atoms with E-state index in [0.717, 1.165) is 6.33 Å². The molecule has 0 aliphatic heterocycles. The van der Waals surface area contributed by atoms with Crippen molar-refractivity contribution in [3.63, 3.8) is 0 Å². The first-order chi connectivity index (χ1) is 14.1. The Morgan fingerprint density at radius 1 is 0.862 bits per heavy atom. The van der Waals surface area contributed by atoms with Crippen molar-refractivity contribution in [3.05, 3.63) is 76.6 Å². The summed E-state index contributed by atoms with van der Waals surface area (Å²) in [6, 6.07) is 6.01. The molecular weight excluding hydrogens is 382 g/mol. The van der Waals surface area contributed by atoms with Gasteiger partial charge in [-0.3, -0.25) is 51.4 Å². The third kappa shape index (κ3) is 4.73. The summed E-state index contributed by atoms with van der Waals surface area (Å²) in [7, 11) is 0. The van der Waals surface area contributed by atoms with Crippen molar-refractivity contribution in [1.82, 2.24) is 30.8 Å². The van der Waals surface area contributed by atoms with Crippen LogP contribution in [0.5, 0.6) is 0 Å². The smallest absolute Gasteiger partial charge is 0.276 e. The van der Waals surface area contributed by atoms with Gasteiger partial charge in [0.25, 0.3) is 11.8 Å². The summed E-state index contributed by atoms with van der Waals surface area (Å²) in [4.78, 5) is 49.9. The van der Waals surface area contributed by atoms with E-state index in [1.54, 1.807) is 6.07 Å². The third-order valence-corrected chi connectivity index (χ3v) is 3.46. The van der Waals surface area contributed by atoms with Crippen LogP contribution in [0.1, 0.15) is 20.7 Å². The standard InChI is InChI=1S/C16H13N9O4/c26-15(10-3-6-17-7-4-10)23-21-13-12(25(28)29)14(20-9-19-13)22-24-16(27)11-2-1-5-18-8-11/h1-9H,(H,23,26)(H,24,27)(H2,19,20,21,22). The summed E-state index contributed by atoms with van der Waals surface area (Å²) in [5.41, 5.74) is 9.26. The highest BCUT2D eigenvalue weighted by molar-refractivity contribution is 5.95. The summed E-state index contributed by atoms with van der Waals surface area (Å²) >= 11 is 0. The topological polar surface area (TPSA) is 177 Å². The normalized spacial score (nSPS) is 9.93. The summed E-state index contributed by atoms with van der Waals surface area (Å²) in [6.45, 7) is 0. The quantitative estimate of drug-likeness (QED) is 0.329. The maximum atomic E-state index is 12.1. The number of nitrogens with zero attached hydrogens (tertiary/aromatic N) is 5. The van der Waals surface area contributed by atoms with Crippen LogP contribution in [0.15, 0.2) is 55.4 Å². The molecule has 29 heavy (non-hydrogen) atoms. The van der Waals surface area contributed by atoms with Crippen LogP contribution in [-0.2, 0) is 0 Å². The lowest BCUT2D eigenvalue weighted by Crippen LogP contribution is -2.32. The minimum Gasteiger partial charge on any atom is -0.276 e. The zero-order valence-corrected chi connectivity index (χ0v) is 14.6. The van der Waals surface area contributed by atoms with Gasteiger partial charge in [-0.05, 0) is 24.3 Å². The van der Waals surface area contributed by atoms with E-state index < -0.39 is 22.4 Å². The molecule has 3 aromatic rings. The van der Waals surface area contributed by atoms with E-state index in [-0.39, 0.29) is 22.8 Å². The van der Waals surface area contributed by atoms with Gasteiger partial charge in [-0.15, -0.1) is 0 Å². The van der Waals surface area contributed by atoms with E-state index in [2.05, 4.69) is 41.6 Å². The SMILES string of the molecule is O=C(NNc1ncnc(NNC(=O)c2cccnc2)c1[N+](=O)[O-])c1ccncc1. The highest BCUT2D eigenvalue weighted by Crippen LogP contribution is 2.27. The number of nitro groups is 1. The van der Waals surface area contributed by atoms with Crippen LogP contribution in [0.4, 0.5) is 17.3 Å². The van der Waals surface area contributed by atoms with Crippen LogP contribution in [0.25, 0.3) is 0 Å². The molecule has 146 valence electrons. The molecular formula is C16H13N9O4. The fraction of sp³-hybridized carbons (Fsp3) is 0. The summed E-state index contributed by atoms with van der Waals surface area (Å²) in [6.07, 6.45) is 6.70. The Hall–Kier alpha value is -4.68. The second kappa shape index (κ2) is 8.81. The maximum absolute atomic E-state index is 12.1. The molecule has 0 atom stereocenters. The van der Waals surface area contributed by atoms with Gasteiger partial charge >= 0.3 is 5.69 Å². The van der Waals surface area contributed by atoms with E-state index in [1.807, 2.05) is 0 Å². The Balaban J connectivity index is 1.73. The number of aromatic nitrogens is 4. The zero-order chi connectivity index (χ0) is 20.6. The molecule has 13 heteroatoms. The lowest BCUT2D eigenvalue weighted by atomic mass is 10.3. The van der Waals surface area contributed by atoms with E-state index in [4.69, 9.17) is 0 Å². The van der Waals surface area contributed by atoms with Gasteiger partial charge in [0.15, 0.2) is 0 Å². The molecule has 0 aliphatic carbocycles. The van der Waals surface area contributed by atoms with Crippen molar-refractivity contribution in [2.24, 2.45) is 0 Å². The van der Waals surface area contributed by atoms with Gasteiger partial charge in [0.2, 0.25) is 11.6 Å². The fourth-order valence-corrected chi connectivity index (χ4v) is 2.11. The van der Waals surface area contributed by atoms with Crippen molar-refractivity contribution < 1.29 is 14.5 Å². The van der Waals surface area contributed by atoms with Crippen LogP contribution in [0.3, 0.4) is 0 Å². The van der Waals surface area contributed by atoms with Gasteiger partial charge in [-0.1, -0.05) is 0 Å². The second-order valence-corrected chi connectivity index (χ2v) is 5.31. The van der Waals surface area contributed by atoms with Crippen molar-refractivity contribution in [2.45, 2.75) is 0 Å². The highest BCUT2D eigenvalue weighted by atomic mass is 16.6. The summed E-state index contributed by atoms with van der Waals surface area (Å²) in [5.74, 6) is -1.71.